The predicted octanol–water partition coefficient (Wildman–Crippen LogP) is 5.11. The van der Waals surface area contributed by atoms with Crippen LogP contribution < -0.4 is 9.64 Å². The maximum Gasteiger partial charge on any atom is 0.335 e. The quantitative estimate of drug-likeness (QED) is 0.287. The van der Waals surface area contributed by atoms with Gasteiger partial charge in [-0.3, -0.25) is 4.90 Å². The Kier molecular flexibility index (Phi) is 7.55. The number of benzene rings is 3. The number of nitrogens with zero attached hydrogens (tertiary/aromatic N) is 5. The number of hydrogen-bond acceptors (Lipinski definition) is 6. The van der Waals surface area contributed by atoms with Crippen molar-refractivity contribution in [3.63, 3.8) is 0 Å². The fourth-order valence-electron chi connectivity index (χ4n) is 5.28. The number of ether oxygens (including phenoxy) is 2. The van der Waals surface area contributed by atoms with Gasteiger partial charge in [-0.2, -0.15) is 0 Å². The molecule has 2 fully saturated rings. The van der Waals surface area contributed by atoms with Crippen molar-refractivity contribution in [1.29, 1.82) is 0 Å². The van der Waals surface area contributed by atoms with Gasteiger partial charge in [-0.05, 0) is 42.8 Å². The normalized spacial score (nSPS) is 17.3. The summed E-state index contributed by atoms with van der Waals surface area (Å²) in [6, 6.07) is 17.3. The van der Waals surface area contributed by atoms with Crippen LogP contribution in [0.25, 0.3) is 15.9 Å². The number of halogens is 1. The SMILES string of the molecule is [C-]#[N+]c1ccc(COc2cccc(N3CCN(Cc4nc5ccc(C(=O)O)cc5n4C[C@@H]4CCO4)CC3)c2)c(F)c1. The molecule has 0 amide bonds. The van der Waals surface area contributed by atoms with E-state index in [1.165, 1.54) is 6.07 Å². The van der Waals surface area contributed by atoms with Crippen molar-refractivity contribution in [3.8, 4) is 5.75 Å². The van der Waals surface area contributed by atoms with Gasteiger partial charge in [-0.25, -0.2) is 19.0 Å². The Morgan fingerprint density at radius 1 is 1.12 bits per heavy atom. The van der Waals surface area contributed by atoms with Crippen molar-refractivity contribution in [2.45, 2.75) is 32.2 Å². The number of aromatic nitrogens is 2. The number of hydrogen-bond donors (Lipinski definition) is 1. The zero-order valence-corrected chi connectivity index (χ0v) is 22.5. The molecule has 2 aliphatic heterocycles. The van der Waals surface area contributed by atoms with Crippen LogP contribution in [0.5, 0.6) is 5.75 Å². The molecule has 0 radical (unpaired) electrons. The van der Waals surface area contributed by atoms with Gasteiger partial charge < -0.3 is 24.0 Å². The number of anilines is 1. The summed E-state index contributed by atoms with van der Waals surface area (Å²) in [5.41, 5.74) is 3.59. The highest BCUT2D eigenvalue weighted by Gasteiger charge is 2.25. The minimum atomic E-state index is -0.950. The lowest BCUT2D eigenvalue weighted by Crippen LogP contribution is -2.46. The molecule has 210 valence electrons. The van der Waals surface area contributed by atoms with E-state index in [4.69, 9.17) is 21.0 Å². The molecule has 41 heavy (non-hydrogen) atoms. The van der Waals surface area contributed by atoms with Gasteiger partial charge in [-0.15, -0.1) is 0 Å². The van der Waals surface area contributed by atoms with Gasteiger partial charge in [0.15, 0.2) is 5.69 Å². The first kappa shape index (κ1) is 26.7. The first-order chi connectivity index (χ1) is 20.0. The van der Waals surface area contributed by atoms with E-state index in [9.17, 15) is 14.3 Å². The van der Waals surface area contributed by atoms with Crippen molar-refractivity contribution < 1.29 is 23.8 Å². The van der Waals surface area contributed by atoms with Gasteiger partial charge in [0, 0.05) is 50.1 Å². The molecule has 6 rings (SSSR count). The van der Waals surface area contributed by atoms with E-state index < -0.39 is 11.8 Å². The van der Waals surface area contributed by atoms with Crippen LogP contribution >= 0.6 is 0 Å². The number of fused-ring (bicyclic) bond motifs is 1. The third-order valence-electron chi connectivity index (χ3n) is 7.73. The van der Waals surface area contributed by atoms with Crippen molar-refractivity contribution >= 4 is 28.4 Å². The summed E-state index contributed by atoms with van der Waals surface area (Å²) in [5.74, 6) is 0.181. The number of carbonyl (C=O) groups is 1. The minimum absolute atomic E-state index is 0.0855. The highest BCUT2D eigenvalue weighted by Crippen LogP contribution is 2.26. The molecule has 1 atom stereocenters. The smallest absolute Gasteiger partial charge is 0.335 e. The molecule has 3 heterocycles. The molecule has 0 aliphatic carbocycles. The molecule has 0 saturated carbocycles. The predicted molar refractivity (Wildman–Crippen MR) is 152 cm³/mol. The summed E-state index contributed by atoms with van der Waals surface area (Å²) < 4.78 is 27.9. The third kappa shape index (κ3) is 5.87. The second-order valence-electron chi connectivity index (χ2n) is 10.4. The second-order valence-corrected chi connectivity index (χ2v) is 10.4. The summed E-state index contributed by atoms with van der Waals surface area (Å²) in [4.78, 5) is 24.4. The molecular weight excluding hydrogens is 525 g/mol. The Labute approximate surface area is 237 Å². The van der Waals surface area contributed by atoms with E-state index in [-0.39, 0.29) is 24.0 Å². The van der Waals surface area contributed by atoms with E-state index in [1.54, 1.807) is 30.3 Å². The van der Waals surface area contributed by atoms with Gasteiger partial charge >= 0.3 is 5.97 Å². The Morgan fingerprint density at radius 3 is 2.66 bits per heavy atom. The van der Waals surface area contributed by atoms with Crippen molar-refractivity contribution in [3.05, 3.63) is 94.8 Å². The fraction of sp³-hybridized carbons (Fsp3) is 0.323. The molecule has 9 nitrogen and oxygen atoms in total. The second kappa shape index (κ2) is 11.6. The largest absolute Gasteiger partial charge is 0.489 e. The van der Waals surface area contributed by atoms with E-state index in [2.05, 4.69) is 19.2 Å². The summed E-state index contributed by atoms with van der Waals surface area (Å²) in [6.45, 7) is 12.5. The summed E-state index contributed by atoms with van der Waals surface area (Å²) in [6.07, 6.45) is 1.11. The Balaban J connectivity index is 1.10. The maximum atomic E-state index is 14.2. The molecule has 10 heteroatoms. The molecule has 0 spiro atoms. The van der Waals surface area contributed by atoms with Gasteiger partial charge in [0.2, 0.25) is 0 Å². The number of rotatable bonds is 9. The molecule has 0 unspecified atom stereocenters. The Bertz CT molecular complexity index is 1620. The monoisotopic (exact) mass is 555 g/mol. The lowest BCUT2D eigenvalue weighted by atomic mass is 10.1. The molecule has 3 aromatic carbocycles. The van der Waals surface area contributed by atoms with Crippen LogP contribution in [0, 0.1) is 12.4 Å². The highest BCUT2D eigenvalue weighted by atomic mass is 19.1. The van der Waals surface area contributed by atoms with Crippen molar-refractivity contribution in [2.24, 2.45) is 0 Å². The standard InChI is InChI=1S/C31H30FN5O4/c1-33-23-7-5-22(27(32)16-23)20-41-25-4-2-3-24(17-25)36-12-10-35(11-13-36)19-30-34-28-8-6-21(31(38)39)15-29(28)37(30)18-26-9-14-40-26/h2-8,15-17,26H,9-14,18-20H2,(H,38,39)/t26-/m0/s1. The lowest BCUT2D eigenvalue weighted by Gasteiger charge is -2.36. The average Bonchev–Trinajstić information content (AvgIpc) is 3.30. The van der Waals surface area contributed by atoms with E-state index >= 15 is 0 Å². The summed E-state index contributed by atoms with van der Waals surface area (Å²) in [7, 11) is 0. The molecule has 2 saturated heterocycles. The van der Waals surface area contributed by atoms with E-state index in [0.717, 1.165) is 61.8 Å². The van der Waals surface area contributed by atoms with Crippen LogP contribution in [-0.4, -0.2) is 64.4 Å². The zero-order chi connectivity index (χ0) is 28.3. The topological polar surface area (TPSA) is 84.4 Å². The van der Waals surface area contributed by atoms with Gasteiger partial charge in [0.1, 0.15) is 24.0 Å². The van der Waals surface area contributed by atoms with Crippen molar-refractivity contribution in [1.82, 2.24) is 14.5 Å². The minimum Gasteiger partial charge on any atom is -0.489 e. The fourth-order valence-corrected chi connectivity index (χ4v) is 5.28. The van der Waals surface area contributed by atoms with Crippen LogP contribution in [0.2, 0.25) is 0 Å². The highest BCUT2D eigenvalue weighted by molar-refractivity contribution is 5.92. The maximum absolute atomic E-state index is 14.2. The van der Waals surface area contributed by atoms with E-state index in [1.807, 2.05) is 24.3 Å². The molecule has 0 bridgehead atoms. The summed E-state index contributed by atoms with van der Waals surface area (Å²) >= 11 is 0. The molecule has 1 aromatic heterocycles. The van der Waals surface area contributed by atoms with Crippen LogP contribution in [0.1, 0.15) is 28.2 Å². The molecule has 4 aromatic rings. The first-order valence-electron chi connectivity index (χ1n) is 13.7. The van der Waals surface area contributed by atoms with Crippen molar-refractivity contribution in [2.75, 3.05) is 37.7 Å². The number of aromatic carboxylic acids is 1. The average molecular weight is 556 g/mol. The Morgan fingerprint density at radius 2 is 1.95 bits per heavy atom. The number of carboxylic acid groups (broad SMARTS) is 1. The van der Waals surface area contributed by atoms with Gasteiger partial charge in [0.05, 0.1) is 42.4 Å². The summed E-state index contributed by atoms with van der Waals surface area (Å²) in [5, 5.41) is 9.49. The number of carboxylic acids is 1. The first-order valence-corrected chi connectivity index (χ1v) is 13.7. The Hall–Kier alpha value is -4.46. The van der Waals surface area contributed by atoms with Crippen LogP contribution in [0.15, 0.2) is 60.7 Å². The van der Waals surface area contributed by atoms with Crippen LogP contribution in [-0.2, 0) is 24.4 Å². The zero-order valence-electron chi connectivity index (χ0n) is 22.5. The molecule has 2 aliphatic rings. The van der Waals surface area contributed by atoms with Crippen LogP contribution in [0.4, 0.5) is 15.8 Å². The molecule has 1 N–H and O–H groups in total. The lowest BCUT2D eigenvalue weighted by molar-refractivity contribution is -0.0592. The van der Waals surface area contributed by atoms with Gasteiger partial charge in [0.25, 0.3) is 0 Å². The number of imidazole rings is 1. The number of piperazine rings is 1. The molecular formula is C31H30FN5O4. The van der Waals surface area contributed by atoms with Crippen LogP contribution in [0.3, 0.4) is 0 Å². The van der Waals surface area contributed by atoms with E-state index in [0.29, 0.717) is 24.4 Å². The van der Waals surface area contributed by atoms with Gasteiger partial charge in [-0.1, -0.05) is 18.2 Å². The third-order valence-corrected chi connectivity index (χ3v) is 7.73.